The molecule has 0 spiro atoms. The first-order chi connectivity index (χ1) is 11.9. The standard InChI is InChI=1S/C13H18N6O5S/c14-5(13(22)23)1-25-2-6-8(20)9(21)12(24-6)19-4-18-7-10(15)16-3-17-11(7)19/h3-6,8-9,12,20-21H,1-2,14H2,(H,22,23)(H2,15,16,17)/t5-,6+,8+,9+,12+/m0/s1. The first kappa shape index (κ1) is 17.8. The summed E-state index contributed by atoms with van der Waals surface area (Å²) in [6, 6.07) is -0.999. The van der Waals surface area contributed by atoms with Crippen molar-refractivity contribution < 1.29 is 24.9 Å². The highest BCUT2D eigenvalue weighted by atomic mass is 32.2. The zero-order valence-corrected chi connectivity index (χ0v) is 13.8. The minimum Gasteiger partial charge on any atom is -0.480 e. The number of aliphatic hydroxyl groups is 2. The molecule has 0 radical (unpaired) electrons. The summed E-state index contributed by atoms with van der Waals surface area (Å²) in [5, 5.41) is 29.3. The van der Waals surface area contributed by atoms with E-state index >= 15 is 0 Å². The van der Waals surface area contributed by atoms with E-state index in [4.69, 9.17) is 21.3 Å². The van der Waals surface area contributed by atoms with E-state index in [1.807, 2.05) is 0 Å². The van der Waals surface area contributed by atoms with Gasteiger partial charge in [-0.05, 0) is 0 Å². The van der Waals surface area contributed by atoms with Gasteiger partial charge in [-0.1, -0.05) is 0 Å². The largest absolute Gasteiger partial charge is 0.480 e. The van der Waals surface area contributed by atoms with Gasteiger partial charge < -0.3 is 31.5 Å². The van der Waals surface area contributed by atoms with Crippen LogP contribution in [0.1, 0.15) is 6.23 Å². The Bertz CT molecular complexity index is 772. The molecule has 1 aliphatic heterocycles. The maximum atomic E-state index is 10.7. The van der Waals surface area contributed by atoms with Crippen LogP contribution in [0.25, 0.3) is 11.2 Å². The number of carboxylic acid groups (broad SMARTS) is 1. The van der Waals surface area contributed by atoms with Gasteiger partial charge in [-0.25, -0.2) is 15.0 Å². The summed E-state index contributed by atoms with van der Waals surface area (Å²) in [5.41, 5.74) is 11.9. The van der Waals surface area contributed by atoms with Crippen LogP contribution < -0.4 is 11.5 Å². The van der Waals surface area contributed by atoms with Crippen molar-refractivity contribution in [1.82, 2.24) is 19.5 Å². The van der Waals surface area contributed by atoms with Crippen molar-refractivity contribution in [1.29, 1.82) is 0 Å². The number of rotatable bonds is 6. The number of anilines is 1. The molecule has 0 bridgehead atoms. The maximum absolute atomic E-state index is 10.7. The number of carboxylic acids is 1. The number of nitrogen functional groups attached to an aromatic ring is 1. The summed E-state index contributed by atoms with van der Waals surface area (Å²) < 4.78 is 7.21. The molecule has 0 amide bonds. The zero-order chi connectivity index (χ0) is 18.1. The molecule has 0 aromatic carbocycles. The second-order valence-electron chi connectivity index (χ2n) is 5.61. The van der Waals surface area contributed by atoms with Crippen LogP contribution in [0.15, 0.2) is 12.7 Å². The van der Waals surface area contributed by atoms with Gasteiger partial charge in [0, 0.05) is 11.5 Å². The molecule has 3 rings (SSSR count). The highest BCUT2D eigenvalue weighted by Gasteiger charge is 2.44. The van der Waals surface area contributed by atoms with Crippen molar-refractivity contribution in [2.45, 2.75) is 30.6 Å². The number of nitrogens with zero attached hydrogens (tertiary/aromatic N) is 4. The van der Waals surface area contributed by atoms with Gasteiger partial charge in [0.1, 0.15) is 30.1 Å². The molecule has 136 valence electrons. The zero-order valence-electron chi connectivity index (χ0n) is 13.0. The minimum atomic E-state index is -1.20. The number of nitrogens with two attached hydrogens (primary N) is 2. The molecule has 2 aromatic rings. The molecule has 1 fully saturated rings. The molecule has 1 saturated heterocycles. The monoisotopic (exact) mass is 370 g/mol. The number of carbonyl (C=O) groups is 1. The summed E-state index contributed by atoms with van der Waals surface area (Å²) in [4.78, 5) is 22.7. The number of fused-ring (bicyclic) bond motifs is 1. The second-order valence-corrected chi connectivity index (χ2v) is 6.69. The molecule has 0 saturated carbocycles. The predicted molar refractivity (Wildman–Crippen MR) is 88.6 cm³/mol. The minimum absolute atomic E-state index is 0.167. The Labute approximate surface area is 146 Å². The topological polar surface area (TPSA) is 183 Å². The van der Waals surface area contributed by atoms with E-state index in [-0.39, 0.29) is 17.3 Å². The lowest BCUT2D eigenvalue weighted by Crippen LogP contribution is -2.35. The summed E-state index contributed by atoms with van der Waals surface area (Å²) in [7, 11) is 0. The fraction of sp³-hybridized carbons (Fsp3) is 0.538. The van der Waals surface area contributed by atoms with E-state index < -0.39 is 36.6 Å². The Hall–Kier alpha value is -1.99. The van der Waals surface area contributed by atoms with Crippen molar-refractivity contribution >= 4 is 34.7 Å². The van der Waals surface area contributed by atoms with E-state index in [1.54, 1.807) is 0 Å². The summed E-state index contributed by atoms with van der Waals surface area (Å²) in [6.45, 7) is 0. The molecule has 0 unspecified atom stereocenters. The van der Waals surface area contributed by atoms with Crippen LogP contribution in [0.3, 0.4) is 0 Å². The fourth-order valence-electron chi connectivity index (χ4n) is 2.54. The third-order valence-electron chi connectivity index (χ3n) is 3.90. The van der Waals surface area contributed by atoms with E-state index in [9.17, 15) is 15.0 Å². The van der Waals surface area contributed by atoms with Gasteiger partial charge in [0.15, 0.2) is 17.7 Å². The Morgan fingerprint density at radius 2 is 2.12 bits per heavy atom. The first-order valence-electron chi connectivity index (χ1n) is 7.41. The number of hydrogen-bond acceptors (Lipinski definition) is 10. The van der Waals surface area contributed by atoms with Crippen molar-refractivity contribution in [2.24, 2.45) is 5.73 Å². The van der Waals surface area contributed by atoms with Crippen LogP contribution in [-0.4, -0.2) is 76.7 Å². The molecule has 0 aliphatic carbocycles. The number of aliphatic hydroxyl groups excluding tert-OH is 2. The lowest BCUT2D eigenvalue weighted by Gasteiger charge is -2.16. The predicted octanol–water partition coefficient (Wildman–Crippen LogP) is -1.83. The molecule has 3 heterocycles. The normalized spacial score (nSPS) is 27.6. The maximum Gasteiger partial charge on any atom is 0.321 e. The molecule has 2 aromatic heterocycles. The van der Waals surface area contributed by atoms with Crippen LogP contribution in [0.4, 0.5) is 5.82 Å². The molecule has 11 nitrogen and oxygen atoms in total. The third-order valence-corrected chi connectivity index (χ3v) is 5.05. The third kappa shape index (κ3) is 3.39. The van der Waals surface area contributed by atoms with E-state index in [2.05, 4.69) is 15.0 Å². The molecule has 7 N–H and O–H groups in total. The number of imidazole rings is 1. The van der Waals surface area contributed by atoms with Gasteiger partial charge in [0.25, 0.3) is 0 Å². The van der Waals surface area contributed by atoms with Gasteiger partial charge >= 0.3 is 5.97 Å². The van der Waals surface area contributed by atoms with Crippen LogP contribution in [0.2, 0.25) is 0 Å². The average Bonchev–Trinajstić information content (AvgIpc) is 3.12. The lowest BCUT2D eigenvalue weighted by atomic mass is 10.1. The molecular formula is C13H18N6O5S. The Kier molecular flexibility index (Phi) is 5.06. The van der Waals surface area contributed by atoms with Crippen molar-refractivity contribution in [3.05, 3.63) is 12.7 Å². The smallest absolute Gasteiger partial charge is 0.321 e. The summed E-state index contributed by atoms with van der Waals surface area (Å²) in [5.74, 6) is -0.452. The van der Waals surface area contributed by atoms with Crippen LogP contribution >= 0.6 is 11.8 Å². The number of aromatic nitrogens is 4. The quantitative estimate of drug-likeness (QED) is 0.385. The molecular weight excluding hydrogens is 352 g/mol. The molecule has 25 heavy (non-hydrogen) atoms. The average molecular weight is 370 g/mol. The van der Waals surface area contributed by atoms with Gasteiger partial charge in [-0.2, -0.15) is 11.8 Å². The highest BCUT2D eigenvalue weighted by Crippen LogP contribution is 2.33. The lowest BCUT2D eigenvalue weighted by molar-refractivity contribution is -0.137. The van der Waals surface area contributed by atoms with Gasteiger partial charge in [0.2, 0.25) is 0 Å². The van der Waals surface area contributed by atoms with E-state index in [0.29, 0.717) is 11.2 Å². The van der Waals surface area contributed by atoms with E-state index in [1.165, 1.54) is 29.0 Å². The second kappa shape index (κ2) is 7.09. The van der Waals surface area contributed by atoms with Crippen molar-refractivity contribution in [3.8, 4) is 0 Å². The van der Waals surface area contributed by atoms with Crippen LogP contribution in [0, 0.1) is 0 Å². The van der Waals surface area contributed by atoms with Crippen LogP contribution in [0.5, 0.6) is 0 Å². The summed E-state index contributed by atoms with van der Waals surface area (Å²) in [6.07, 6.45) is -1.25. The number of hydrogen-bond donors (Lipinski definition) is 5. The van der Waals surface area contributed by atoms with Crippen molar-refractivity contribution in [2.75, 3.05) is 17.2 Å². The van der Waals surface area contributed by atoms with E-state index in [0.717, 1.165) is 0 Å². The van der Waals surface area contributed by atoms with Gasteiger partial charge in [-0.3, -0.25) is 9.36 Å². The Balaban J connectivity index is 1.71. The van der Waals surface area contributed by atoms with Crippen molar-refractivity contribution in [3.63, 3.8) is 0 Å². The highest BCUT2D eigenvalue weighted by molar-refractivity contribution is 7.99. The molecule has 12 heteroatoms. The Morgan fingerprint density at radius 1 is 1.36 bits per heavy atom. The number of ether oxygens (including phenoxy) is 1. The summed E-state index contributed by atoms with van der Waals surface area (Å²) >= 11 is 1.23. The number of thioether (sulfide) groups is 1. The first-order valence-corrected chi connectivity index (χ1v) is 8.56. The van der Waals surface area contributed by atoms with Gasteiger partial charge in [0.05, 0.1) is 12.4 Å². The van der Waals surface area contributed by atoms with Gasteiger partial charge in [-0.15, -0.1) is 0 Å². The number of aliphatic carboxylic acids is 1. The molecule has 1 aliphatic rings. The Morgan fingerprint density at radius 3 is 2.84 bits per heavy atom. The molecule has 5 atom stereocenters. The SMILES string of the molecule is Nc1ncnc2c1ncn2[C@@H]1O[C@H](CSC[C@H](N)C(=O)O)[C@@H](O)[C@H]1O. The van der Waals surface area contributed by atoms with Crippen LogP contribution in [-0.2, 0) is 9.53 Å². The fourth-order valence-corrected chi connectivity index (χ4v) is 3.58.